The van der Waals surface area contributed by atoms with Crippen molar-refractivity contribution < 1.29 is 22.7 Å². The molecular weight excluding hydrogens is 356 g/mol. The molecule has 7 nitrogen and oxygen atoms in total. The van der Waals surface area contributed by atoms with Crippen LogP contribution in [0.3, 0.4) is 0 Å². The van der Waals surface area contributed by atoms with Crippen LogP contribution >= 0.6 is 0 Å². The molecule has 26 heavy (non-hydrogen) atoms. The Morgan fingerprint density at radius 3 is 2.38 bits per heavy atom. The van der Waals surface area contributed by atoms with Crippen molar-refractivity contribution in [3.05, 3.63) is 65.7 Å². The lowest BCUT2D eigenvalue weighted by molar-refractivity contribution is 0.0698. The van der Waals surface area contributed by atoms with Crippen molar-refractivity contribution in [1.82, 2.24) is 4.98 Å². The van der Waals surface area contributed by atoms with E-state index in [-0.39, 0.29) is 16.1 Å². The summed E-state index contributed by atoms with van der Waals surface area (Å²) in [6, 6.07) is 10.6. The van der Waals surface area contributed by atoms with Gasteiger partial charge in [0.05, 0.1) is 16.1 Å². The third-order valence-electron chi connectivity index (χ3n) is 3.73. The largest absolute Gasteiger partial charge is 0.478 e. The summed E-state index contributed by atoms with van der Waals surface area (Å²) in [5, 5.41) is 9.27. The second kappa shape index (κ2) is 6.64. The van der Waals surface area contributed by atoms with Crippen LogP contribution in [0, 0.1) is 13.8 Å². The topological polar surface area (TPSA) is 110 Å². The summed E-state index contributed by atoms with van der Waals surface area (Å²) < 4.78 is 32.6. The molecule has 0 spiro atoms. The molecule has 0 aliphatic carbocycles. The van der Waals surface area contributed by atoms with E-state index < -0.39 is 16.0 Å². The maximum atomic E-state index is 12.6. The van der Waals surface area contributed by atoms with Gasteiger partial charge in [0.15, 0.2) is 5.89 Å². The lowest BCUT2D eigenvalue weighted by atomic mass is 10.1. The fraction of sp³-hybridized carbons (Fsp3) is 0.111. The standard InChI is InChI=1S/C18H16N2O5S/c1-11-3-8-16(15(9-11)18(21)22)20-26(23,24)14-6-4-13(5-7-14)17-10-25-12(2)19-17/h3-10,20H,1-2H3,(H,21,22). The third kappa shape index (κ3) is 3.60. The lowest BCUT2D eigenvalue weighted by Gasteiger charge is -2.11. The first kappa shape index (κ1) is 17.7. The van der Waals surface area contributed by atoms with E-state index in [0.717, 1.165) is 5.56 Å². The smallest absolute Gasteiger partial charge is 0.337 e. The van der Waals surface area contributed by atoms with Gasteiger partial charge in [-0.25, -0.2) is 18.2 Å². The number of oxazole rings is 1. The number of aromatic nitrogens is 1. The molecule has 0 atom stereocenters. The zero-order chi connectivity index (χ0) is 18.9. The Morgan fingerprint density at radius 2 is 1.81 bits per heavy atom. The van der Waals surface area contributed by atoms with Crippen LogP contribution < -0.4 is 4.72 Å². The first-order valence-electron chi connectivity index (χ1n) is 7.65. The van der Waals surface area contributed by atoms with Crippen molar-refractivity contribution in [1.29, 1.82) is 0 Å². The van der Waals surface area contributed by atoms with Gasteiger partial charge in [0, 0.05) is 12.5 Å². The van der Waals surface area contributed by atoms with Crippen LogP contribution in [0.2, 0.25) is 0 Å². The Balaban J connectivity index is 1.90. The molecule has 0 unspecified atom stereocenters. The Kier molecular flexibility index (Phi) is 4.52. The van der Waals surface area contributed by atoms with Crippen LogP contribution in [-0.4, -0.2) is 24.5 Å². The number of aromatic carboxylic acids is 1. The summed E-state index contributed by atoms with van der Waals surface area (Å²) >= 11 is 0. The number of carboxylic acid groups (broad SMARTS) is 1. The molecule has 0 aliphatic heterocycles. The Morgan fingerprint density at radius 1 is 1.12 bits per heavy atom. The zero-order valence-corrected chi connectivity index (χ0v) is 14.9. The number of sulfonamides is 1. The molecule has 1 aromatic heterocycles. The van der Waals surface area contributed by atoms with Crippen molar-refractivity contribution in [3.63, 3.8) is 0 Å². The van der Waals surface area contributed by atoms with Gasteiger partial charge in [-0.1, -0.05) is 23.8 Å². The van der Waals surface area contributed by atoms with Gasteiger partial charge >= 0.3 is 5.97 Å². The maximum Gasteiger partial charge on any atom is 0.337 e. The van der Waals surface area contributed by atoms with Crippen LogP contribution in [0.15, 0.2) is 58.0 Å². The van der Waals surface area contributed by atoms with E-state index in [1.807, 2.05) is 0 Å². The van der Waals surface area contributed by atoms with Crippen LogP contribution in [0.25, 0.3) is 11.3 Å². The average molecular weight is 372 g/mol. The second-order valence-electron chi connectivity index (χ2n) is 5.74. The first-order valence-corrected chi connectivity index (χ1v) is 9.14. The van der Waals surface area contributed by atoms with Crippen LogP contribution in [0.1, 0.15) is 21.8 Å². The molecule has 0 amide bonds. The maximum absolute atomic E-state index is 12.6. The highest BCUT2D eigenvalue weighted by atomic mass is 32.2. The van der Waals surface area contributed by atoms with Gasteiger partial charge in [0.25, 0.3) is 10.0 Å². The highest BCUT2D eigenvalue weighted by Crippen LogP contribution is 2.24. The summed E-state index contributed by atoms with van der Waals surface area (Å²) in [5.74, 6) is -0.693. The molecule has 3 aromatic rings. The lowest BCUT2D eigenvalue weighted by Crippen LogP contribution is -2.15. The molecule has 1 heterocycles. The number of nitrogens with zero attached hydrogens (tertiary/aromatic N) is 1. The summed E-state index contributed by atoms with van der Waals surface area (Å²) in [7, 11) is -3.93. The van der Waals surface area contributed by atoms with Gasteiger partial charge in [-0.15, -0.1) is 0 Å². The number of carbonyl (C=O) groups is 1. The molecule has 0 bridgehead atoms. The van der Waals surface area contributed by atoms with Gasteiger partial charge in [-0.2, -0.15) is 0 Å². The number of anilines is 1. The molecule has 2 N–H and O–H groups in total. The van der Waals surface area contributed by atoms with Crippen LogP contribution in [0.4, 0.5) is 5.69 Å². The highest BCUT2D eigenvalue weighted by Gasteiger charge is 2.19. The predicted octanol–water partition coefficient (Wildman–Crippen LogP) is 3.46. The van der Waals surface area contributed by atoms with E-state index in [1.165, 1.54) is 30.5 Å². The number of nitrogens with one attached hydrogen (secondary N) is 1. The number of benzene rings is 2. The molecule has 0 saturated heterocycles. The Hall–Kier alpha value is -3.13. The first-order chi connectivity index (χ1) is 12.3. The molecule has 134 valence electrons. The number of hydrogen-bond acceptors (Lipinski definition) is 5. The fourth-order valence-electron chi connectivity index (χ4n) is 2.43. The normalized spacial score (nSPS) is 11.3. The minimum atomic E-state index is -3.93. The fourth-order valence-corrected chi connectivity index (χ4v) is 3.51. The zero-order valence-electron chi connectivity index (χ0n) is 14.1. The average Bonchev–Trinajstić information content (AvgIpc) is 3.03. The minimum Gasteiger partial charge on any atom is -0.478 e. The number of hydrogen-bond donors (Lipinski definition) is 2. The molecule has 0 aliphatic rings. The van der Waals surface area contributed by atoms with E-state index in [2.05, 4.69) is 9.71 Å². The summed E-state index contributed by atoms with van der Waals surface area (Å²) in [6.45, 7) is 3.45. The summed E-state index contributed by atoms with van der Waals surface area (Å²) in [5.41, 5.74) is 1.94. The quantitative estimate of drug-likeness (QED) is 0.710. The minimum absolute atomic E-state index is 0.0124. The third-order valence-corrected chi connectivity index (χ3v) is 5.11. The Labute approximate surface area is 150 Å². The van der Waals surface area contributed by atoms with Gasteiger partial charge < -0.3 is 9.52 Å². The summed E-state index contributed by atoms with van der Waals surface area (Å²) in [6.07, 6.45) is 1.49. The van der Waals surface area contributed by atoms with E-state index in [4.69, 9.17) is 4.42 Å². The monoisotopic (exact) mass is 372 g/mol. The highest BCUT2D eigenvalue weighted by molar-refractivity contribution is 7.92. The molecule has 0 saturated carbocycles. The Bertz CT molecular complexity index is 1070. The van der Waals surface area contributed by atoms with Gasteiger partial charge in [0.2, 0.25) is 0 Å². The van der Waals surface area contributed by atoms with Crippen molar-refractivity contribution >= 4 is 21.7 Å². The van der Waals surface area contributed by atoms with Crippen molar-refractivity contribution in [2.45, 2.75) is 18.7 Å². The molecule has 0 radical (unpaired) electrons. The van der Waals surface area contributed by atoms with E-state index in [1.54, 1.807) is 32.0 Å². The SMILES string of the molecule is Cc1ccc(NS(=O)(=O)c2ccc(-c3coc(C)n3)cc2)c(C(=O)O)c1. The van der Waals surface area contributed by atoms with Gasteiger partial charge in [-0.05, 0) is 31.2 Å². The second-order valence-corrected chi connectivity index (χ2v) is 7.42. The van der Waals surface area contributed by atoms with Crippen LogP contribution in [0.5, 0.6) is 0 Å². The number of carboxylic acids is 1. The number of aryl methyl sites for hydroxylation is 2. The number of rotatable bonds is 5. The van der Waals surface area contributed by atoms with E-state index in [0.29, 0.717) is 17.1 Å². The van der Waals surface area contributed by atoms with E-state index in [9.17, 15) is 18.3 Å². The molecule has 8 heteroatoms. The van der Waals surface area contributed by atoms with Crippen molar-refractivity contribution in [2.75, 3.05) is 4.72 Å². The van der Waals surface area contributed by atoms with E-state index >= 15 is 0 Å². The van der Waals surface area contributed by atoms with Crippen molar-refractivity contribution in [3.8, 4) is 11.3 Å². The van der Waals surface area contributed by atoms with Gasteiger partial charge in [-0.3, -0.25) is 4.72 Å². The molecular formula is C18H16N2O5S. The molecule has 3 rings (SSSR count). The van der Waals surface area contributed by atoms with Crippen LogP contribution in [-0.2, 0) is 10.0 Å². The summed E-state index contributed by atoms with van der Waals surface area (Å²) in [4.78, 5) is 15.5. The van der Waals surface area contributed by atoms with Crippen molar-refractivity contribution in [2.24, 2.45) is 0 Å². The predicted molar refractivity (Wildman–Crippen MR) is 95.6 cm³/mol. The van der Waals surface area contributed by atoms with Gasteiger partial charge in [0.1, 0.15) is 12.0 Å². The molecule has 2 aromatic carbocycles. The molecule has 0 fully saturated rings.